The number of anilines is 1. The number of likely N-dealkylation sites (tertiary alicyclic amines) is 1. The molecule has 1 saturated carbocycles. The topological polar surface area (TPSA) is 29.3 Å². The van der Waals surface area contributed by atoms with Gasteiger partial charge in [0.25, 0.3) is 0 Å². The van der Waals surface area contributed by atoms with Crippen molar-refractivity contribution < 1.29 is 0 Å². The molecule has 1 aliphatic carbocycles. The number of nitrogen functional groups attached to an aromatic ring is 1. The van der Waals surface area contributed by atoms with Crippen LogP contribution in [-0.4, -0.2) is 17.5 Å². The van der Waals surface area contributed by atoms with Gasteiger partial charge in [0.2, 0.25) is 0 Å². The molecule has 0 amide bonds. The first-order valence-corrected chi connectivity index (χ1v) is 7.40. The van der Waals surface area contributed by atoms with E-state index in [-0.39, 0.29) is 0 Å². The van der Waals surface area contributed by atoms with Crippen molar-refractivity contribution in [2.24, 2.45) is 5.92 Å². The third-order valence-electron chi connectivity index (χ3n) is 4.59. The van der Waals surface area contributed by atoms with Crippen molar-refractivity contribution in [3.05, 3.63) is 28.8 Å². The van der Waals surface area contributed by atoms with E-state index in [2.05, 4.69) is 4.90 Å². The number of piperidine rings is 1. The second kappa shape index (κ2) is 5.10. The Morgan fingerprint density at radius 3 is 2.94 bits per heavy atom. The number of hydrogen-bond donors (Lipinski definition) is 1. The van der Waals surface area contributed by atoms with E-state index in [9.17, 15) is 0 Å². The minimum absolute atomic E-state index is 0.789. The third-order valence-corrected chi connectivity index (χ3v) is 4.82. The van der Waals surface area contributed by atoms with Crippen LogP contribution in [0.4, 0.5) is 5.69 Å². The van der Waals surface area contributed by atoms with Crippen molar-refractivity contribution in [1.82, 2.24) is 4.90 Å². The SMILES string of the molecule is Nc1ccc(Cl)cc1CN1CCCC2CCCC21. The number of fused-ring (bicyclic) bond motifs is 1. The molecule has 2 aliphatic rings. The fourth-order valence-electron chi connectivity index (χ4n) is 3.68. The Bertz CT molecular complexity index is 433. The first kappa shape index (κ1) is 12.3. The zero-order chi connectivity index (χ0) is 12.5. The van der Waals surface area contributed by atoms with Gasteiger partial charge in [-0.15, -0.1) is 0 Å². The molecule has 98 valence electrons. The lowest BCUT2D eigenvalue weighted by atomic mass is 9.91. The van der Waals surface area contributed by atoms with E-state index in [0.717, 1.165) is 29.2 Å². The fourth-order valence-corrected chi connectivity index (χ4v) is 3.88. The minimum Gasteiger partial charge on any atom is -0.398 e. The summed E-state index contributed by atoms with van der Waals surface area (Å²) in [5.74, 6) is 0.930. The van der Waals surface area contributed by atoms with Gasteiger partial charge in [-0.2, -0.15) is 0 Å². The molecule has 1 aromatic rings. The van der Waals surface area contributed by atoms with E-state index in [0.29, 0.717) is 0 Å². The monoisotopic (exact) mass is 264 g/mol. The van der Waals surface area contributed by atoms with Crippen LogP contribution < -0.4 is 5.73 Å². The minimum atomic E-state index is 0.789. The van der Waals surface area contributed by atoms with Gasteiger partial charge in [0.1, 0.15) is 0 Å². The molecule has 2 N–H and O–H groups in total. The smallest absolute Gasteiger partial charge is 0.0410 e. The fraction of sp³-hybridized carbons (Fsp3) is 0.600. The Hall–Kier alpha value is -0.730. The van der Waals surface area contributed by atoms with Crippen molar-refractivity contribution in [2.75, 3.05) is 12.3 Å². The second-order valence-corrected chi connectivity index (χ2v) is 6.15. The molecular formula is C15H21ClN2. The first-order chi connectivity index (χ1) is 8.74. The van der Waals surface area contributed by atoms with Crippen molar-refractivity contribution in [1.29, 1.82) is 0 Å². The van der Waals surface area contributed by atoms with E-state index in [1.54, 1.807) is 0 Å². The summed E-state index contributed by atoms with van der Waals surface area (Å²) in [6.07, 6.45) is 6.95. The van der Waals surface area contributed by atoms with Gasteiger partial charge in [-0.05, 0) is 61.9 Å². The summed E-state index contributed by atoms with van der Waals surface area (Å²) >= 11 is 6.07. The lowest BCUT2D eigenvalue weighted by Gasteiger charge is -2.38. The number of rotatable bonds is 2. The largest absolute Gasteiger partial charge is 0.398 e. The maximum absolute atomic E-state index is 6.07. The van der Waals surface area contributed by atoms with Crippen molar-refractivity contribution in [2.45, 2.75) is 44.7 Å². The molecule has 18 heavy (non-hydrogen) atoms. The Morgan fingerprint density at radius 1 is 1.22 bits per heavy atom. The molecule has 1 heterocycles. The van der Waals surface area contributed by atoms with Crippen molar-refractivity contribution >= 4 is 17.3 Å². The normalized spacial score (nSPS) is 28.3. The van der Waals surface area contributed by atoms with Crippen LogP contribution in [0.25, 0.3) is 0 Å². The Kier molecular flexibility index (Phi) is 3.49. The first-order valence-electron chi connectivity index (χ1n) is 7.02. The third kappa shape index (κ3) is 2.36. The summed E-state index contributed by atoms with van der Waals surface area (Å²) < 4.78 is 0. The predicted molar refractivity (Wildman–Crippen MR) is 76.6 cm³/mol. The maximum atomic E-state index is 6.07. The lowest BCUT2D eigenvalue weighted by molar-refractivity contribution is 0.106. The molecular weight excluding hydrogens is 244 g/mol. The average molecular weight is 265 g/mol. The van der Waals surface area contributed by atoms with Gasteiger partial charge in [0.15, 0.2) is 0 Å². The zero-order valence-electron chi connectivity index (χ0n) is 10.7. The van der Waals surface area contributed by atoms with Crippen LogP contribution in [0.1, 0.15) is 37.7 Å². The molecule has 2 unspecified atom stereocenters. The van der Waals surface area contributed by atoms with E-state index >= 15 is 0 Å². The van der Waals surface area contributed by atoms with E-state index < -0.39 is 0 Å². The van der Waals surface area contributed by atoms with Crippen LogP contribution >= 0.6 is 11.6 Å². The highest BCUT2D eigenvalue weighted by atomic mass is 35.5. The molecule has 0 bridgehead atoms. The lowest BCUT2D eigenvalue weighted by Crippen LogP contribution is -2.41. The average Bonchev–Trinajstić information content (AvgIpc) is 2.83. The number of benzene rings is 1. The molecule has 2 fully saturated rings. The van der Waals surface area contributed by atoms with Gasteiger partial charge in [0.05, 0.1) is 0 Å². The second-order valence-electron chi connectivity index (χ2n) is 5.71. The highest BCUT2D eigenvalue weighted by molar-refractivity contribution is 6.30. The highest BCUT2D eigenvalue weighted by Crippen LogP contribution is 2.37. The molecule has 0 aromatic heterocycles. The molecule has 1 aliphatic heterocycles. The van der Waals surface area contributed by atoms with Gasteiger partial charge in [-0.3, -0.25) is 4.90 Å². The Balaban J connectivity index is 1.77. The number of halogens is 1. The molecule has 3 heteroatoms. The molecule has 1 saturated heterocycles. The standard InChI is InChI=1S/C15H21ClN2/c16-13-6-7-14(17)12(9-13)10-18-8-2-4-11-3-1-5-15(11)18/h6-7,9,11,15H,1-5,8,10,17H2. The van der Waals surface area contributed by atoms with Crippen molar-refractivity contribution in [3.8, 4) is 0 Å². The summed E-state index contributed by atoms with van der Waals surface area (Å²) in [5.41, 5.74) is 8.12. The Morgan fingerprint density at radius 2 is 2.06 bits per heavy atom. The van der Waals surface area contributed by atoms with Gasteiger partial charge < -0.3 is 5.73 Å². The summed E-state index contributed by atoms with van der Waals surface area (Å²) in [4.78, 5) is 2.63. The zero-order valence-corrected chi connectivity index (χ0v) is 11.5. The molecule has 2 nitrogen and oxygen atoms in total. The summed E-state index contributed by atoms with van der Waals surface area (Å²) in [7, 11) is 0. The van der Waals surface area contributed by atoms with Crippen LogP contribution in [-0.2, 0) is 6.54 Å². The number of nitrogens with zero attached hydrogens (tertiary/aromatic N) is 1. The van der Waals surface area contributed by atoms with Crippen LogP contribution in [0.2, 0.25) is 5.02 Å². The maximum Gasteiger partial charge on any atom is 0.0410 e. The van der Waals surface area contributed by atoms with Crippen LogP contribution in [0.3, 0.4) is 0 Å². The number of nitrogens with two attached hydrogens (primary N) is 1. The Labute approximate surface area is 114 Å². The molecule has 3 rings (SSSR count). The van der Waals surface area contributed by atoms with Crippen LogP contribution in [0.5, 0.6) is 0 Å². The van der Waals surface area contributed by atoms with Gasteiger partial charge >= 0.3 is 0 Å². The van der Waals surface area contributed by atoms with Crippen LogP contribution in [0.15, 0.2) is 18.2 Å². The van der Waals surface area contributed by atoms with E-state index in [1.807, 2.05) is 18.2 Å². The van der Waals surface area contributed by atoms with E-state index in [1.165, 1.54) is 44.2 Å². The summed E-state index contributed by atoms with van der Waals surface area (Å²) in [6, 6.07) is 6.61. The van der Waals surface area contributed by atoms with Crippen LogP contribution in [0, 0.1) is 5.92 Å². The van der Waals surface area contributed by atoms with Gasteiger partial charge in [-0.25, -0.2) is 0 Å². The van der Waals surface area contributed by atoms with Gasteiger partial charge in [-0.1, -0.05) is 18.0 Å². The summed E-state index contributed by atoms with van der Waals surface area (Å²) in [6.45, 7) is 2.18. The number of hydrogen-bond acceptors (Lipinski definition) is 2. The van der Waals surface area contributed by atoms with E-state index in [4.69, 9.17) is 17.3 Å². The summed E-state index contributed by atoms with van der Waals surface area (Å²) in [5, 5.41) is 0.791. The van der Waals surface area contributed by atoms with Gasteiger partial charge in [0, 0.05) is 23.3 Å². The molecule has 0 radical (unpaired) electrons. The highest BCUT2D eigenvalue weighted by Gasteiger charge is 2.34. The molecule has 0 spiro atoms. The molecule has 1 aromatic carbocycles. The van der Waals surface area contributed by atoms with Crippen molar-refractivity contribution in [3.63, 3.8) is 0 Å². The quantitative estimate of drug-likeness (QED) is 0.826. The molecule has 2 atom stereocenters. The predicted octanol–water partition coefficient (Wildman–Crippen LogP) is 3.69.